The van der Waals surface area contributed by atoms with Crippen molar-refractivity contribution in [2.24, 2.45) is 25.6 Å². The second-order valence-electron chi connectivity index (χ2n) is 4.19. The van der Waals surface area contributed by atoms with Gasteiger partial charge in [-0.15, -0.1) is 0 Å². The molecule has 16 heavy (non-hydrogen) atoms. The van der Waals surface area contributed by atoms with Crippen LogP contribution >= 0.6 is 0 Å². The summed E-state index contributed by atoms with van der Waals surface area (Å²) in [6.45, 7) is 1.29. The second kappa shape index (κ2) is 3.74. The number of hydrogen-bond acceptors (Lipinski definition) is 5. The average Bonchev–Trinajstić information content (AvgIpc) is 3.02. The van der Waals surface area contributed by atoms with Crippen LogP contribution in [0.3, 0.4) is 0 Å². The molecule has 0 aromatic heterocycles. The van der Waals surface area contributed by atoms with Crippen molar-refractivity contribution < 1.29 is 8.95 Å². The van der Waals surface area contributed by atoms with Crippen molar-refractivity contribution >= 4 is 15.8 Å². The zero-order valence-electron chi connectivity index (χ0n) is 9.18. The quantitative estimate of drug-likeness (QED) is 0.712. The van der Waals surface area contributed by atoms with Gasteiger partial charge in [-0.1, -0.05) is 0 Å². The SMILES string of the molecule is CN=S(N)(=O)/C(=C/N)C1=NCC2(CC2)CO1. The molecule has 1 atom stereocenters. The van der Waals surface area contributed by atoms with Crippen molar-refractivity contribution in [3.63, 3.8) is 0 Å². The summed E-state index contributed by atoms with van der Waals surface area (Å²) in [4.78, 5) is 4.44. The topological polar surface area (TPSA) is 103 Å². The maximum absolute atomic E-state index is 11.9. The molecule has 1 saturated carbocycles. The third kappa shape index (κ3) is 1.92. The zero-order valence-corrected chi connectivity index (χ0v) is 10.00. The van der Waals surface area contributed by atoms with Crippen LogP contribution in [0, 0.1) is 5.41 Å². The Morgan fingerprint density at radius 1 is 1.69 bits per heavy atom. The highest BCUT2D eigenvalue weighted by molar-refractivity contribution is 7.96. The maximum atomic E-state index is 11.9. The van der Waals surface area contributed by atoms with Crippen molar-refractivity contribution in [2.45, 2.75) is 12.8 Å². The summed E-state index contributed by atoms with van der Waals surface area (Å²) in [6, 6.07) is 0. The van der Waals surface area contributed by atoms with Gasteiger partial charge >= 0.3 is 0 Å². The van der Waals surface area contributed by atoms with Crippen LogP contribution in [0.5, 0.6) is 0 Å². The minimum absolute atomic E-state index is 0.186. The van der Waals surface area contributed by atoms with Crippen LogP contribution < -0.4 is 10.9 Å². The van der Waals surface area contributed by atoms with Gasteiger partial charge in [-0.2, -0.15) is 0 Å². The van der Waals surface area contributed by atoms with E-state index in [1.165, 1.54) is 13.2 Å². The summed E-state index contributed by atoms with van der Waals surface area (Å²) < 4.78 is 21.0. The molecule has 0 amide bonds. The van der Waals surface area contributed by atoms with Crippen LogP contribution in [0.1, 0.15) is 12.8 Å². The maximum Gasteiger partial charge on any atom is 0.229 e. The zero-order chi connectivity index (χ0) is 11.8. The van der Waals surface area contributed by atoms with Crippen LogP contribution in [-0.2, 0) is 14.7 Å². The Hall–Kier alpha value is -1.08. The lowest BCUT2D eigenvalue weighted by atomic mass is 10.1. The molecule has 1 unspecified atom stereocenters. The van der Waals surface area contributed by atoms with E-state index in [0.717, 1.165) is 12.8 Å². The Kier molecular flexibility index (Phi) is 2.67. The minimum atomic E-state index is -2.97. The van der Waals surface area contributed by atoms with Gasteiger partial charge in [0.1, 0.15) is 14.8 Å². The lowest BCUT2D eigenvalue weighted by Gasteiger charge is -2.22. The van der Waals surface area contributed by atoms with Gasteiger partial charge < -0.3 is 10.5 Å². The Labute approximate surface area is 95.1 Å². The van der Waals surface area contributed by atoms with Crippen molar-refractivity contribution in [3.8, 4) is 0 Å². The van der Waals surface area contributed by atoms with Gasteiger partial charge in [0.15, 0.2) is 0 Å². The first-order chi connectivity index (χ1) is 7.53. The highest BCUT2D eigenvalue weighted by Gasteiger charge is 2.46. The van der Waals surface area contributed by atoms with Crippen LogP contribution in [0.25, 0.3) is 0 Å². The first kappa shape index (κ1) is 11.4. The first-order valence-corrected chi connectivity index (χ1v) is 6.63. The predicted molar refractivity (Wildman–Crippen MR) is 62.9 cm³/mol. The van der Waals surface area contributed by atoms with E-state index in [1.807, 2.05) is 0 Å². The van der Waals surface area contributed by atoms with Crippen LogP contribution in [-0.4, -0.2) is 30.3 Å². The lowest BCUT2D eigenvalue weighted by Crippen LogP contribution is -2.30. The van der Waals surface area contributed by atoms with Gasteiger partial charge in [-0.25, -0.2) is 18.7 Å². The normalized spacial score (nSPS) is 26.6. The highest BCUT2D eigenvalue weighted by atomic mass is 32.2. The summed E-state index contributed by atoms with van der Waals surface area (Å²) in [7, 11) is -1.59. The largest absolute Gasteiger partial charge is 0.476 e. The molecule has 6 nitrogen and oxygen atoms in total. The monoisotopic (exact) mass is 244 g/mol. The van der Waals surface area contributed by atoms with Gasteiger partial charge in [0.2, 0.25) is 5.90 Å². The predicted octanol–water partition coefficient (Wildman–Crippen LogP) is -0.0331. The van der Waals surface area contributed by atoms with E-state index in [9.17, 15) is 4.21 Å². The number of nitrogens with zero attached hydrogens (tertiary/aromatic N) is 2. The summed E-state index contributed by atoms with van der Waals surface area (Å²) in [5.41, 5.74) is 5.63. The summed E-state index contributed by atoms with van der Waals surface area (Å²) in [6.07, 6.45) is 3.45. The smallest absolute Gasteiger partial charge is 0.229 e. The average molecular weight is 244 g/mol. The molecule has 0 radical (unpaired) electrons. The number of aliphatic imine (C=N–C) groups is 1. The Morgan fingerprint density at radius 3 is 2.75 bits per heavy atom. The molecular weight excluding hydrogens is 228 g/mol. The summed E-state index contributed by atoms with van der Waals surface area (Å²) in [5.74, 6) is 0.276. The minimum Gasteiger partial charge on any atom is -0.476 e. The molecule has 1 aliphatic heterocycles. The molecule has 0 saturated heterocycles. The van der Waals surface area contributed by atoms with Gasteiger partial charge in [-0.3, -0.25) is 0 Å². The number of hydrogen-bond donors (Lipinski definition) is 2. The molecule has 90 valence electrons. The van der Waals surface area contributed by atoms with E-state index in [0.29, 0.717) is 13.2 Å². The molecule has 4 N–H and O–H groups in total. The highest BCUT2D eigenvalue weighted by Crippen LogP contribution is 2.47. The molecule has 0 aromatic rings. The molecule has 0 aromatic carbocycles. The summed E-state index contributed by atoms with van der Waals surface area (Å²) >= 11 is 0. The van der Waals surface area contributed by atoms with Gasteiger partial charge in [0, 0.05) is 18.7 Å². The van der Waals surface area contributed by atoms with Gasteiger partial charge in [0.05, 0.1) is 13.2 Å². The lowest BCUT2D eigenvalue weighted by molar-refractivity contribution is 0.207. The van der Waals surface area contributed by atoms with E-state index in [1.54, 1.807) is 0 Å². The third-order valence-electron chi connectivity index (χ3n) is 2.98. The fourth-order valence-corrected chi connectivity index (χ4v) is 2.34. The van der Waals surface area contributed by atoms with E-state index in [-0.39, 0.29) is 16.2 Å². The van der Waals surface area contributed by atoms with E-state index >= 15 is 0 Å². The van der Waals surface area contributed by atoms with E-state index in [2.05, 4.69) is 9.36 Å². The number of rotatable bonds is 2. The molecule has 1 fully saturated rings. The molecule has 0 bridgehead atoms. The van der Waals surface area contributed by atoms with Crippen molar-refractivity contribution in [1.29, 1.82) is 0 Å². The Balaban J connectivity index is 2.25. The molecule has 2 rings (SSSR count). The van der Waals surface area contributed by atoms with E-state index in [4.69, 9.17) is 15.6 Å². The molecule has 7 heteroatoms. The molecule has 2 aliphatic rings. The van der Waals surface area contributed by atoms with Crippen LogP contribution in [0.4, 0.5) is 0 Å². The third-order valence-corrected chi connectivity index (χ3v) is 4.46. The van der Waals surface area contributed by atoms with Gasteiger partial charge in [0.25, 0.3) is 0 Å². The molecule has 1 spiro atoms. The number of nitrogens with two attached hydrogens (primary N) is 2. The van der Waals surface area contributed by atoms with Crippen molar-refractivity contribution in [2.75, 3.05) is 20.2 Å². The fraction of sp³-hybridized carbons (Fsp3) is 0.667. The van der Waals surface area contributed by atoms with Gasteiger partial charge in [-0.05, 0) is 12.8 Å². The fourth-order valence-electron chi connectivity index (χ4n) is 1.57. The standard InChI is InChI=1S/C9H16N4O2S/c1-12-16(11,14)7(4-10)8-13-5-9(2-3-9)6-15-8/h4H,2-3,5-6,10H2,1H3,(H2,11,12,14)/b7-4+. The van der Waals surface area contributed by atoms with Crippen molar-refractivity contribution in [3.05, 3.63) is 11.1 Å². The van der Waals surface area contributed by atoms with Crippen LogP contribution in [0.15, 0.2) is 20.5 Å². The molecule has 1 heterocycles. The first-order valence-electron chi connectivity index (χ1n) is 5.06. The Bertz CT molecular complexity index is 470. The second-order valence-corrected chi connectivity index (χ2v) is 6.13. The van der Waals surface area contributed by atoms with Crippen LogP contribution in [0.2, 0.25) is 0 Å². The Morgan fingerprint density at radius 2 is 2.38 bits per heavy atom. The van der Waals surface area contributed by atoms with E-state index < -0.39 is 9.92 Å². The molecular formula is C9H16N4O2S. The summed E-state index contributed by atoms with van der Waals surface area (Å²) in [5, 5.41) is 5.54. The van der Waals surface area contributed by atoms with Crippen molar-refractivity contribution in [1.82, 2.24) is 0 Å². The number of ether oxygens (including phenoxy) is 1. The molecule has 1 aliphatic carbocycles.